The van der Waals surface area contributed by atoms with E-state index in [1.54, 1.807) is 0 Å². The van der Waals surface area contributed by atoms with E-state index in [0.717, 1.165) is 12.1 Å². The molecular formula is C23H12ClF5N4O2. The van der Waals surface area contributed by atoms with Gasteiger partial charge in [-0.3, -0.25) is 9.59 Å². The van der Waals surface area contributed by atoms with Crippen molar-refractivity contribution >= 4 is 34.6 Å². The monoisotopic (exact) mass is 506 g/mol. The van der Waals surface area contributed by atoms with Crippen LogP contribution in [0.4, 0.5) is 27.6 Å². The van der Waals surface area contributed by atoms with Crippen molar-refractivity contribution in [1.29, 1.82) is 0 Å². The summed E-state index contributed by atoms with van der Waals surface area (Å²) >= 11 is 6.25. The fraction of sp³-hybridized carbons (Fsp3) is 0.0870. The van der Waals surface area contributed by atoms with E-state index in [1.165, 1.54) is 29.2 Å². The van der Waals surface area contributed by atoms with Crippen molar-refractivity contribution in [2.24, 2.45) is 0 Å². The Bertz CT molecular complexity index is 1530. The predicted octanol–water partition coefficient (Wildman–Crippen LogP) is 5.37. The van der Waals surface area contributed by atoms with Gasteiger partial charge in [0, 0.05) is 27.9 Å². The Hall–Kier alpha value is -3.99. The lowest BCUT2D eigenvalue weighted by Crippen LogP contribution is -2.21. The van der Waals surface area contributed by atoms with Gasteiger partial charge in [0.15, 0.2) is 0 Å². The molecule has 2 aromatic heterocycles. The average Bonchev–Trinajstić information content (AvgIpc) is 3.38. The van der Waals surface area contributed by atoms with Crippen LogP contribution in [-0.4, -0.2) is 21.2 Å². The van der Waals surface area contributed by atoms with E-state index in [1.807, 2.05) is 0 Å². The molecule has 2 N–H and O–H groups in total. The van der Waals surface area contributed by atoms with Crippen molar-refractivity contribution in [1.82, 2.24) is 14.7 Å². The minimum absolute atomic E-state index is 0.0111. The van der Waals surface area contributed by atoms with Gasteiger partial charge in [-0.25, -0.2) is 13.8 Å². The van der Waals surface area contributed by atoms with Gasteiger partial charge in [-0.2, -0.15) is 13.2 Å². The maximum atomic E-state index is 14.0. The molecule has 1 aliphatic rings. The molecule has 0 saturated carbocycles. The van der Waals surface area contributed by atoms with Gasteiger partial charge >= 0.3 is 6.18 Å². The highest BCUT2D eigenvalue weighted by Gasteiger charge is 2.37. The van der Waals surface area contributed by atoms with Gasteiger partial charge in [0.25, 0.3) is 11.8 Å². The standard InChI is InChI=1S/C23H12ClF5N4O2/c24-15-2-1-12(25)6-14(15)20-18-16(8-33-9-30-7-17(33)19(18)22(35)32-20)31-21(34)10-3-11(23(27,28)29)5-13(26)4-10/h1-9,20H,(H,31,34)(H,32,35). The molecule has 35 heavy (non-hydrogen) atoms. The summed E-state index contributed by atoms with van der Waals surface area (Å²) in [6.07, 6.45) is -0.722. The number of halogens is 6. The average molecular weight is 507 g/mol. The topological polar surface area (TPSA) is 75.5 Å². The molecule has 3 heterocycles. The Morgan fingerprint density at radius 3 is 2.63 bits per heavy atom. The first-order valence-electron chi connectivity index (χ1n) is 9.96. The van der Waals surface area contributed by atoms with E-state index in [-0.39, 0.29) is 33.5 Å². The van der Waals surface area contributed by atoms with Gasteiger partial charge in [0.2, 0.25) is 0 Å². The maximum absolute atomic E-state index is 14.0. The highest BCUT2D eigenvalue weighted by Crippen LogP contribution is 2.41. The minimum Gasteiger partial charge on any atom is -0.341 e. The number of anilines is 1. The first kappa shape index (κ1) is 22.8. The Kier molecular flexibility index (Phi) is 5.24. The van der Waals surface area contributed by atoms with Crippen LogP contribution in [0.15, 0.2) is 55.1 Å². The second kappa shape index (κ2) is 8.05. The third kappa shape index (κ3) is 3.97. The first-order valence-corrected chi connectivity index (χ1v) is 10.3. The molecule has 0 bridgehead atoms. The molecule has 0 saturated heterocycles. The summed E-state index contributed by atoms with van der Waals surface area (Å²) in [5.74, 6) is -3.48. The number of hydrogen-bond donors (Lipinski definition) is 2. The van der Waals surface area contributed by atoms with E-state index in [9.17, 15) is 31.5 Å². The van der Waals surface area contributed by atoms with Crippen molar-refractivity contribution in [2.75, 3.05) is 5.32 Å². The lowest BCUT2D eigenvalue weighted by Gasteiger charge is -2.18. The highest BCUT2D eigenvalue weighted by molar-refractivity contribution is 6.31. The molecule has 2 amide bonds. The zero-order valence-electron chi connectivity index (χ0n) is 17.3. The van der Waals surface area contributed by atoms with Crippen LogP contribution in [0.2, 0.25) is 5.02 Å². The second-order valence-corrected chi connectivity index (χ2v) is 8.18. The number of fused-ring (bicyclic) bond motifs is 3. The summed E-state index contributed by atoms with van der Waals surface area (Å²) in [5, 5.41) is 5.27. The molecule has 0 aliphatic carbocycles. The Labute approximate surface area is 198 Å². The van der Waals surface area contributed by atoms with E-state index in [2.05, 4.69) is 15.6 Å². The van der Waals surface area contributed by atoms with Crippen LogP contribution in [0.5, 0.6) is 0 Å². The lowest BCUT2D eigenvalue weighted by atomic mass is 9.96. The van der Waals surface area contributed by atoms with Crippen molar-refractivity contribution in [3.8, 4) is 0 Å². The van der Waals surface area contributed by atoms with E-state index in [0.29, 0.717) is 17.6 Å². The van der Waals surface area contributed by atoms with Crippen molar-refractivity contribution in [3.05, 3.63) is 99.6 Å². The van der Waals surface area contributed by atoms with E-state index >= 15 is 0 Å². The number of nitrogens with zero attached hydrogens (tertiary/aromatic N) is 2. The zero-order valence-corrected chi connectivity index (χ0v) is 18.0. The number of rotatable bonds is 3. The number of aromatic nitrogens is 2. The first-order chi connectivity index (χ1) is 16.5. The number of alkyl halides is 3. The molecule has 1 unspecified atom stereocenters. The smallest absolute Gasteiger partial charge is 0.341 e. The summed E-state index contributed by atoms with van der Waals surface area (Å²) in [4.78, 5) is 29.8. The Balaban J connectivity index is 1.65. The van der Waals surface area contributed by atoms with Crippen LogP contribution in [0, 0.1) is 11.6 Å². The van der Waals surface area contributed by atoms with Gasteiger partial charge in [0.1, 0.15) is 11.6 Å². The van der Waals surface area contributed by atoms with Crippen LogP contribution in [0.25, 0.3) is 5.52 Å². The Morgan fingerprint density at radius 2 is 1.89 bits per heavy atom. The third-order valence-corrected chi connectivity index (χ3v) is 5.89. The summed E-state index contributed by atoms with van der Waals surface area (Å²) in [7, 11) is 0. The van der Waals surface area contributed by atoms with Crippen molar-refractivity contribution < 1.29 is 31.5 Å². The van der Waals surface area contributed by atoms with Crippen LogP contribution < -0.4 is 10.6 Å². The molecule has 0 fully saturated rings. The molecule has 1 aliphatic heterocycles. The van der Waals surface area contributed by atoms with Crippen molar-refractivity contribution in [2.45, 2.75) is 12.2 Å². The predicted molar refractivity (Wildman–Crippen MR) is 115 cm³/mol. The number of carbonyl (C=O) groups excluding carboxylic acids is 2. The SMILES string of the molecule is O=C(Nc1cn2cncc2c2c1C(c1cc(F)ccc1Cl)NC2=O)c1cc(F)cc(C(F)(F)F)c1. The number of benzene rings is 2. The number of amides is 2. The molecule has 5 rings (SSSR count). The van der Waals surface area contributed by atoms with Gasteiger partial charge in [-0.15, -0.1) is 0 Å². The summed E-state index contributed by atoms with van der Waals surface area (Å²) < 4.78 is 68.6. The number of hydrogen-bond acceptors (Lipinski definition) is 3. The molecule has 6 nitrogen and oxygen atoms in total. The van der Waals surface area contributed by atoms with Crippen LogP contribution in [0.3, 0.4) is 0 Å². The molecule has 4 aromatic rings. The zero-order chi connectivity index (χ0) is 25.1. The molecule has 0 spiro atoms. The number of nitrogens with one attached hydrogen (secondary N) is 2. The van der Waals surface area contributed by atoms with Gasteiger partial charge < -0.3 is 15.0 Å². The van der Waals surface area contributed by atoms with Gasteiger partial charge in [-0.1, -0.05) is 11.6 Å². The van der Waals surface area contributed by atoms with Gasteiger partial charge in [-0.05, 0) is 36.4 Å². The lowest BCUT2D eigenvalue weighted by molar-refractivity contribution is -0.137. The largest absolute Gasteiger partial charge is 0.416 e. The van der Waals surface area contributed by atoms with Crippen LogP contribution in [0.1, 0.15) is 43.4 Å². The summed E-state index contributed by atoms with van der Waals surface area (Å²) in [6, 6.07) is 4.01. The highest BCUT2D eigenvalue weighted by atomic mass is 35.5. The Morgan fingerprint density at radius 1 is 1.11 bits per heavy atom. The third-order valence-electron chi connectivity index (χ3n) is 5.55. The molecular weight excluding hydrogens is 495 g/mol. The normalized spacial score (nSPS) is 15.3. The van der Waals surface area contributed by atoms with Crippen molar-refractivity contribution in [3.63, 3.8) is 0 Å². The van der Waals surface area contributed by atoms with E-state index in [4.69, 9.17) is 11.6 Å². The van der Waals surface area contributed by atoms with Crippen LogP contribution in [-0.2, 0) is 6.18 Å². The minimum atomic E-state index is -4.87. The second-order valence-electron chi connectivity index (χ2n) is 7.77. The molecule has 0 radical (unpaired) electrons. The number of carbonyl (C=O) groups is 2. The molecule has 1 atom stereocenters. The summed E-state index contributed by atoms with van der Waals surface area (Å²) in [6.45, 7) is 0. The summed E-state index contributed by atoms with van der Waals surface area (Å²) in [5.41, 5.74) is -1.03. The quantitative estimate of drug-likeness (QED) is 0.367. The van der Waals surface area contributed by atoms with Crippen LogP contribution >= 0.6 is 11.6 Å². The van der Waals surface area contributed by atoms with E-state index < -0.39 is 46.8 Å². The molecule has 2 aromatic carbocycles. The molecule has 12 heteroatoms. The number of pyridine rings is 1. The fourth-order valence-electron chi connectivity index (χ4n) is 4.04. The van der Waals surface area contributed by atoms with Gasteiger partial charge in [0.05, 0.1) is 40.9 Å². The maximum Gasteiger partial charge on any atom is 0.416 e. The molecule has 178 valence electrons. The number of imidazole rings is 1. The fourth-order valence-corrected chi connectivity index (χ4v) is 4.27.